The number of terminal acetylenes is 1. The van der Waals surface area contributed by atoms with Crippen molar-refractivity contribution in [3.8, 4) is 12.3 Å². The molecule has 1 fully saturated rings. The van der Waals surface area contributed by atoms with Crippen molar-refractivity contribution in [3.05, 3.63) is 0 Å². The van der Waals surface area contributed by atoms with Gasteiger partial charge in [-0.3, -0.25) is 0 Å². The first-order chi connectivity index (χ1) is 9.02. The van der Waals surface area contributed by atoms with Gasteiger partial charge in [0.15, 0.2) is 0 Å². The zero-order valence-corrected chi connectivity index (χ0v) is 11.2. The maximum Gasteiger partial charge on any atom is 0.327 e. The third kappa shape index (κ3) is 5.62. The molecule has 0 aromatic rings. The van der Waals surface area contributed by atoms with Crippen molar-refractivity contribution < 1.29 is 14.7 Å². The predicted molar refractivity (Wildman–Crippen MR) is 71.7 cm³/mol. The van der Waals surface area contributed by atoms with Gasteiger partial charge in [-0.25, -0.2) is 9.59 Å². The van der Waals surface area contributed by atoms with Crippen LogP contribution in [0.5, 0.6) is 0 Å². The van der Waals surface area contributed by atoms with E-state index in [1.165, 1.54) is 12.8 Å². The Bertz CT molecular complexity index is 359. The van der Waals surface area contributed by atoms with E-state index < -0.39 is 18.0 Å². The Morgan fingerprint density at radius 3 is 2.53 bits per heavy atom. The topological polar surface area (TPSA) is 81.7 Å². The normalized spacial score (nSPS) is 18.3. The number of carboxylic acid groups (broad SMARTS) is 1. The summed E-state index contributed by atoms with van der Waals surface area (Å²) >= 11 is 0. The minimum atomic E-state index is -1.12. The Hall–Kier alpha value is -1.74. The molecule has 106 valence electrons. The van der Waals surface area contributed by atoms with Gasteiger partial charge in [0.2, 0.25) is 0 Å². The second kappa shape index (κ2) is 7.64. The summed E-state index contributed by atoms with van der Waals surface area (Å²) in [6.45, 7) is 4.79. The highest BCUT2D eigenvalue weighted by atomic mass is 16.4. The van der Waals surface area contributed by atoms with Gasteiger partial charge >= 0.3 is 12.0 Å². The number of likely N-dealkylation sites (tertiary alicyclic amines) is 1. The van der Waals surface area contributed by atoms with Crippen molar-refractivity contribution in [1.82, 2.24) is 15.5 Å². The van der Waals surface area contributed by atoms with Gasteiger partial charge in [0, 0.05) is 19.0 Å². The van der Waals surface area contributed by atoms with Crippen LogP contribution in [0, 0.1) is 12.3 Å². The number of carbonyl (C=O) groups excluding carboxylic acids is 1. The molecule has 1 heterocycles. The lowest BCUT2D eigenvalue weighted by Crippen LogP contribution is -2.50. The Kier molecular flexibility index (Phi) is 6.16. The van der Waals surface area contributed by atoms with Crippen LogP contribution >= 0.6 is 0 Å². The lowest BCUT2D eigenvalue weighted by molar-refractivity contribution is -0.139. The van der Waals surface area contributed by atoms with E-state index in [1.807, 2.05) is 6.92 Å². The summed E-state index contributed by atoms with van der Waals surface area (Å²) in [5.74, 6) is 1.11. The monoisotopic (exact) mass is 267 g/mol. The number of urea groups is 1. The van der Waals surface area contributed by atoms with Crippen LogP contribution < -0.4 is 10.6 Å². The number of carboxylic acids is 1. The highest BCUT2D eigenvalue weighted by Crippen LogP contribution is 2.07. The largest absolute Gasteiger partial charge is 0.480 e. The van der Waals surface area contributed by atoms with Crippen molar-refractivity contribution >= 4 is 12.0 Å². The molecule has 6 nitrogen and oxygen atoms in total. The molecule has 2 unspecified atom stereocenters. The lowest BCUT2D eigenvalue weighted by Gasteiger charge is -2.22. The second-order valence-electron chi connectivity index (χ2n) is 4.83. The van der Waals surface area contributed by atoms with Gasteiger partial charge in [-0.15, -0.1) is 12.3 Å². The van der Waals surface area contributed by atoms with E-state index in [2.05, 4.69) is 21.5 Å². The molecule has 0 bridgehead atoms. The van der Waals surface area contributed by atoms with Crippen LogP contribution in [0.1, 0.15) is 26.2 Å². The highest BCUT2D eigenvalue weighted by molar-refractivity contribution is 5.82. The standard InChI is InChI=1S/C13H21N3O3/c1-3-6-11(12(17)18)15-13(19)14-10(2)9-16-7-4-5-8-16/h1,10-11H,4-9H2,2H3,(H,17,18)(H2,14,15,19). The third-order valence-corrected chi connectivity index (χ3v) is 3.03. The molecule has 2 atom stereocenters. The molecule has 2 amide bonds. The van der Waals surface area contributed by atoms with Crippen molar-refractivity contribution in [3.63, 3.8) is 0 Å². The number of nitrogens with zero attached hydrogens (tertiary/aromatic N) is 1. The summed E-state index contributed by atoms with van der Waals surface area (Å²) in [5.41, 5.74) is 0. The zero-order valence-electron chi connectivity index (χ0n) is 11.2. The average Bonchev–Trinajstić information content (AvgIpc) is 2.80. The van der Waals surface area contributed by atoms with Crippen LogP contribution in [0.3, 0.4) is 0 Å². The number of rotatable bonds is 6. The molecule has 1 aliphatic rings. The lowest BCUT2D eigenvalue weighted by atomic mass is 10.2. The Morgan fingerprint density at radius 2 is 2.00 bits per heavy atom. The number of amides is 2. The molecular weight excluding hydrogens is 246 g/mol. The number of aliphatic carboxylic acids is 1. The van der Waals surface area contributed by atoms with Gasteiger partial charge in [-0.05, 0) is 32.9 Å². The summed E-state index contributed by atoms with van der Waals surface area (Å²) in [5, 5.41) is 14.0. The molecular formula is C13H21N3O3. The molecule has 3 N–H and O–H groups in total. The summed E-state index contributed by atoms with van der Waals surface area (Å²) in [6, 6.07) is -1.56. The Balaban J connectivity index is 2.32. The second-order valence-corrected chi connectivity index (χ2v) is 4.83. The molecule has 0 spiro atoms. The summed E-state index contributed by atoms with van der Waals surface area (Å²) < 4.78 is 0. The SMILES string of the molecule is C#CCC(NC(=O)NC(C)CN1CCCC1)C(=O)O. The molecule has 6 heteroatoms. The van der Waals surface area contributed by atoms with Crippen molar-refractivity contribution in [2.75, 3.05) is 19.6 Å². The van der Waals surface area contributed by atoms with Gasteiger partial charge in [0.1, 0.15) is 6.04 Å². The van der Waals surface area contributed by atoms with E-state index in [4.69, 9.17) is 11.5 Å². The minimum absolute atomic E-state index is 0.0245. The first kappa shape index (κ1) is 15.3. The molecule has 1 aliphatic heterocycles. The molecule has 0 aromatic carbocycles. The Labute approximate surface area is 113 Å². The van der Waals surface area contributed by atoms with Gasteiger partial charge in [-0.1, -0.05) is 0 Å². The molecule has 19 heavy (non-hydrogen) atoms. The Morgan fingerprint density at radius 1 is 1.37 bits per heavy atom. The van der Waals surface area contributed by atoms with Crippen LogP contribution in [0.15, 0.2) is 0 Å². The van der Waals surface area contributed by atoms with E-state index in [9.17, 15) is 9.59 Å². The van der Waals surface area contributed by atoms with E-state index in [-0.39, 0.29) is 12.5 Å². The average molecular weight is 267 g/mol. The molecule has 1 saturated heterocycles. The fraction of sp³-hybridized carbons (Fsp3) is 0.692. The van der Waals surface area contributed by atoms with E-state index in [1.54, 1.807) is 0 Å². The number of carbonyl (C=O) groups is 2. The van der Waals surface area contributed by atoms with Gasteiger partial charge < -0.3 is 20.6 Å². The summed E-state index contributed by atoms with van der Waals surface area (Å²) in [6.07, 6.45) is 7.43. The third-order valence-electron chi connectivity index (χ3n) is 3.03. The van der Waals surface area contributed by atoms with E-state index in [0.717, 1.165) is 19.6 Å². The molecule has 1 rings (SSSR count). The van der Waals surface area contributed by atoms with Crippen LogP contribution in [0.25, 0.3) is 0 Å². The van der Waals surface area contributed by atoms with E-state index in [0.29, 0.717) is 0 Å². The van der Waals surface area contributed by atoms with Gasteiger partial charge in [0.05, 0.1) is 0 Å². The zero-order chi connectivity index (χ0) is 14.3. The van der Waals surface area contributed by atoms with Crippen molar-refractivity contribution in [1.29, 1.82) is 0 Å². The number of nitrogens with one attached hydrogen (secondary N) is 2. The fourth-order valence-corrected chi connectivity index (χ4v) is 2.14. The van der Waals surface area contributed by atoms with Crippen LogP contribution in [-0.4, -0.2) is 53.7 Å². The van der Waals surface area contributed by atoms with Crippen LogP contribution in [-0.2, 0) is 4.79 Å². The number of hydrogen-bond donors (Lipinski definition) is 3. The fourth-order valence-electron chi connectivity index (χ4n) is 2.14. The number of hydrogen-bond acceptors (Lipinski definition) is 3. The van der Waals surface area contributed by atoms with Crippen molar-refractivity contribution in [2.24, 2.45) is 0 Å². The predicted octanol–water partition coefficient (Wildman–Crippen LogP) is 0.246. The first-order valence-electron chi connectivity index (χ1n) is 6.48. The summed E-state index contributed by atoms with van der Waals surface area (Å²) in [4.78, 5) is 24.8. The van der Waals surface area contributed by atoms with Crippen molar-refractivity contribution in [2.45, 2.75) is 38.3 Å². The molecule has 0 aromatic heterocycles. The van der Waals surface area contributed by atoms with Gasteiger partial charge in [-0.2, -0.15) is 0 Å². The quantitative estimate of drug-likeness (QED) is 0.602. The van der Waals surface area contributed by atoms with Crippen LogP contribution in [0.2, 0.25) is 0 Å². The van der Waals surface area contributed by atoms with Gasteiger partial charge in [0.25, 0.3) is 0 Å². The highest BCUT2D eigenvalue weighted by Gasteiger charge is 2.20. The maximum atomic E-state index is 11.6. The van der Waals surface area contributed by atoms with E-state index >= 15 is 0 Å². The molecule has 0 radical (unpaired) electrons. The minimum Gasteiger partial charge on any atom is -0.480 e. The molecule has 0 aliphatic carbocycles. The molecule has 0 saturated carbocycles. The maximum absolute atomic E-state index is 11.6. The smallest absolute Gasteiger partial charge is 0.327 e. The first-order valence-corrected chi connectivity index (χ1v) is 6.48. The summed E-state index contributed by atoms with van der Waals surface area (Å²) in [7, 11) is 0. The van der Waals surface area contributed by atoms with Crippen LogP contribution in [0.4, 0.5) is 4.79 Å².